The van der Waals surface area contributed by atoms with Crippen molar-refractivity contribution in [2.24, 2.45) is 4.99 Å². The molecule has 0 aromatic heterocycles. The number of aliphatic imine (C=N–C) groups is 1. The van der Waals surface area contributed by atoms with E-state index >= 15 is 0 Å². The molecule has 8 heteroatoms. The highest BCUT2D eigenvalue weighted by Gasteiger charge is 2.34. The van der Waals surface area contributed by atoms with Gasteiger partial charge in [-0.05, 0) is 39.2 Å². The van der Waals surface area contributed by atoms with Crippen LogP contribution in [0.2, 0.25) is 0 Å². The fourth-order valence-electron chi connectivity index (χ4n) is 2.56. The molecule has 0 spiro atoms. The number of nitrogens with one attached hydrogen (secondary N) is 2. The molecule has 0 aliphatic heterocycles. The lowest BCUT2D eigenvalue weighted by molar-refractivity contribution is -0.0504. The zero-order valence-electron chi connectivity index (χ0n) is 14.5. The maximum atomic E-state index is 12.5. The van der Waals surface area contributed by atoms with Crippen LogP contribution in [0, 0.1) is 6.92 Å². The molecule has 1 aliphatic rings. The molecule has 1 aromatic carbocycles. The van der Waals surface area contributed by atoms with Crippen LogP contribution >= 0.6 is 24.0 Å². The molecule has 0 unspecified atom stereocenters. The molecule has 3 N–H and O–H groups in total. The van der Waals surface area contributed by atoms with Gasteiger partial charge in [-0.25, -0.2) is 4.99 Å². The third-order valence-electron chi connectivity index (χ3n) is 4.05. The molecule has 0 bridgehead atoms. The Morgan fingerprint density at radius 2 is 2.08 bits per heavy atom. The van der Waals surface area contributed by atoms with E-state index in [1.807, 2.05) is 13.8 Å². The SMILES string of the molecule is CCNC(=NCc1cc(C)ccc1OC(F)F)NCC1(O)CCC1.I. The highest BCUT2D eigenvalue weighted by atomic mass is 127. The van der Waals surface area contributed by atoms with Crippen molar-refractivity contribution in [3.63, 3.8) is 0 Å². The number of guanidine groups is 1. The predicted molar refractivity (Wildman–Crippen MR) is 105 cm³/mol. The van der Waals surface area contributed by atoms with E-state index in [-0.39, 0.29) is 36.3 Å². The highest BCUT2D eigenvalue weighted by molar-refractivity contribution is 14.0. The summed E-state index contributed by atoms with van der Waals surface area (Å²) in [6.45, 7) is 2.25. The van der Waals surface area contributed by atoms with Crippen molar-refractivity contribution in [3.05, 3.63) is 29.3 Å². The van der Waals surface area contributed by atoms with Gasteiger partial charge in [0.2, 0.25) is 0 Å². The Labute approximate surface area is 164 Å². The molecule has 0 heterocycles. The molecule has 1 aliphatic carbocycles. The van der Waals surface area contributed by atoms with E-state index in [2.05, 4.69) is 20.4 Å². The Morgan fingerprint density at radius 1 is 1.36 bits per heavy atom. The van der Waals surface area contributed by atoms with Gasteiger partial charge in [-0.15, -0.1) is 24.0 Å². The summed E-state index contributed by atoms with van der Waals surface area (Å²) in [6, 6.07) is 5.04. The zero-order chi connectivity index (χ0) is 17.6. The zero-order valence-corrected chi connectivity index (χ0v) is 16.8. The van der Waals surface area contributed by atoms with Gasteiger partial charge in [-0.2, -0.15) is 8.78 Å². The van der Waals surface area contributed by atoms with E-state index in [0.717, 1.165) is 24.8 Å². The van der Waals surface area contributed by atoms with Gasteiger partial charge >= 0.3 is 6.61 Å². The number of hydrogen-bond donors (Lipinski definition) is 3. The van der Waals surface area contributed by atoms with Crippen LogP contribution in [0.25, 0.3) is 0 Å². The molecule has 2 rings (SSSR count). The third kappa shape index (κ3) is 6.93. The number of aryl methyl sites for hydroxylation is 1. The van der Waals surface area contributed by atoms with E-state index < -0.39 is 12.2 Å². The molecule has 5 nitrogen and oxygen atoms in total. The van der Waals surface area contributed by atoms with E-state index in [4.69, 9.17) is 0 Å². The number of halogens is 3. The van der Waals surface area contributed by atoms with Gasteiger partial charge in [0.25, 0.3) is 0 Å². The Kier molecular flexibility index (Phi) is 8.84. The molecule has 0 saturated heterocycles. The summed E-state index contributed by atoms with van der Waals surface area (Å²) < 4.78 is 29.6. The number of rotatable bonds is 7. The maximum Gasteiger partial charge on any atom is 0.387 e. The topological polar surface area (TPSA) is 65.9 Å². The molecule has 0 radical (unpaired) electrons. The van der Waals surface area contributed by atoms with E-state index in [9.17, 15) is 13.9 Å². The second-order valence-electron chi connectivity index (χ2n) is 6.12. The number of hydrogen-bond acceptors (Lipinski definition) is 3. The standard InChI is InChI=1S/C17H25F2N3O2.HI/c1-3-20-16(22-11-17(23)7-4-8-17)21-10-13-9-12(2)5-6-14(13)24-15(18)19;/h5-6,9,15,23H,3-4,7-8,10-11H2,1-2H3,(H2,20,21,22);1H. The quantitative estimate of drug-likeness (QED) is 0.326. The van der Waals surface area contributed by atoms with Gasteiger partial charge in [-0.3, -0.25) is 0 Å². The first-order chi connectivity index (χ1) is 11.4. The van der Waals surface area contributed by atoms with Gasteiger partial charge in [0.15, 0.2) is 5.96 Å². The molecule has 25 heavy (non-hydrogen) atoms. The van der Waals surface area contributed by atoms with Gasteiger partial charge in [0, 0.05) is 18.7 Å². The van der Waals surface area contributed by atoms with Crippen molar-refractivity contribution in [1.29, 1.82) is 0 Å². The predicted octanol–water partition coefficient (Wildman–Crippen LogP) is 3.18. The summed E-state index contributed by atoms with van der Waals surface area (Å²) in [5.74, 6) is 0.676. The average molecular weight is 469 g/mol. The first-order valence-corrected chi connectivity index (χ1v) is 8.21. The molecule has 1 saturated carbocycles. The van der Waals surface area contributed by atoms with Crippen LogP contribution in [-0.2, 0) is 6.54 Å². The van der Waals surface area contributed by atoms with Crippen molar-refractivity contribution in [2.45, 2.75) is 51.9 Å². The van der Waals surface area contributed by atoms with Gasteiger partial charge < -0.3 is 20.5 Å². The van der Waals surface area contributed by atoms with E-state index in [1.165, 1.54) is 6.07 Å². The van der Waals surface area contributed by atoms with Crippen LogP contribution < -0.4 is 15.4 Å². The summed E-state index contributed by atoms with van der Waals surface area (Å²) in [6.07, 6.45) is 2.59. The highest BCUT2D eigenvalue weighted by Crippen LogP contribution is 2.30. The average Bonchev–Trinajstić information content (AvgIpc) is 2.50. The fourth-order valence-corrected chi connectivity index (χ4v) is 2.56. The van der Waals surface area contributed by atoms with Crippen LogP contribution in [0.1, 0.15) is 37.3 Å². The van der Waals surface area contributed by atoms with Crippen molar-refractivity contribution in [2.75, 3.05) is 13.1 Å². The number of aliphatic hydroxyl groups is 1. The molecule has 0 amide bonds. The summed E-state index contributed by atoms with van der Waals surface area (Å²) in [5, 5.41) is 16.3. The largest absolute Gasteiger partial charge is 0.434 e. The van der Waals surface area contributed by atoms with Gasteiger partial charge in [0.05, 0.1) is 12.1 Å². The van der Waals surface area contributed by atoms with Crippen LogP contribution in [0.4, 0.5) is 8.78 Å². The molecular formula is C17H26F2IN3O2. The second kappa shape index (κ2) is 10.1. The number of alkyl halides is 2. The van der Waals surface area contributed by atoms with Crippen molar-refractivity contribution < 1.29 is 18.6 Å². The lowest BCUT2D eigenvalue weighted by Crippen LogP contribution is -2.50. The normalized spacial score (nSPS) is 16.0. The molecular weight excluding hydrogens is 443 g/mol. The van der Waals surface area contributed by atoms with Gasteiger partial charge in [-0.1, -0.05) is 17.7 Å². The van der Waals surface area contributed by atoms with Crippen LogP contribution in [0.3, 0.4) is 0 Å². The second-order valence-corrected chi connectivity index (χ2v) is 6.12. The fraction of sp³-hybridized carbons (Fsp3) is 0.588. The smallest absolute Gasteiger partial charge is 0.387 e. The Hall–Kier alpha value is -1.16. The van der Waals surface area contributed by atoms with Crippen molar-refractivity contribution in [1.82, 2.24) is 10.6 Å². The Morgan fingerprint density at radius 3 is 2.64 bits per heavy atom. The first kappa shape index (κ1) is 21.9. The Bertz CT molecular complexity index is 581. The van der Waals surface area contributed by atoms with Crippen LogP contribution in [0.15, 0.2) is 23.2 Å². The molecule has 0 atom stereocenters. The first-order valence-electron chi connectivity index (χ1n) is 8.21. The van der Waals surface area contributed by atoms with Crippen LogP contribution in [0.5, 0.6) is 5.75 Å². The van der Waals surface area contributed by atoms with Crippen LogP contribution in [-0.4, -0.2) is 36.4 Å². The molecule has 1 aromatic rings. The summed E-state index contributed by atoms with van der Waals surface area (Å²) in [5.41, 5.74) is 0.877. The summed E-state index contributed by atoms with van der Waals surface area (Å²) in [7, 11) is 0. The lowest BCUT2D eigenvalue weighted by atomic mass is 9.80. The lowest BCUT2D eigenvalue weighted by Gasteiger charge is -2.37. The van der Waals surface area contributed by atoms with E-state index in [0.29, 0.717) is 24.6 Å². The molecule has 142 valence electrons. The number of benzene rings is 1. The van der Waals surface area contributed by atoms with Crippen molar-refractivity contribution in [3.8, 4) is 5.75 Å². The number of ether oxygens (including phenoxy) is 1. The maximum absolute atomic E-state index is 12.5. The Balaban J connectivity index is 0.00000312. The summed E-state index contributed by atoms with van der Waals surface area (Å²) in [4.78, 5) is 4.41. The summed E-state index contributed by atoms with van der Waals surface area (Å²) >= 11 is 0. The third-order valence-corrected chi connectivity index (χ3v) is 4.05. The molecule has 1 fully saturated rings. The minimum absolute atomic E-state index is 0. The monoisotopic (exact) mass is 469 g/mol. The van der Waals surface area contributed by atoms with E-state index in [1.54, 1.807) is 12.1 Å². The minimum atomic E-state index is -2.87. The minimum Gasteiger partial charge on any atom is -0.434 e. The van der Waals surface area contributed by atoms with Crippen molar-refractivity contribution >= 4 is 29.9 Å². The van der Waals surface area contributed by atoms with Gasteiger partial charge in [0.1, 0.15) is 5.75 Å². The number of nitrogens with zero attached hydrogens (tertiary/aromatic N) is 1.